The fraction of sp³-hybridized carbons (Fsp3) is 0.130. The minimum absolute atomic E-state index is 0.149. The highest BCUT2D eigenvalue weighted by Gasteiger charge is 2.38. The summed E-state index contributed by atoms with van der Waals surface area (Å²) in [4.78, 5) is 11.7. The number of nitrogen functional groups attached to an aromatic ring is 1. The maximum Gasteiger partial charge on any atom is 0.0721 e. The molecule has 2 aliphatic rings. The molecule has 0 saturated heterocycles. The number of fused-ring (bicyclic) bond motifs is 2. The lowest BCUT2D eigenvalue weighted by Crippen LogP contribution is -2.30. The molecule has 2 aliphatic carbocycles. The van der Waals surface area contributed by atoms with Crippen LogP contribution in [-0.2, 0) is 5.41 Å². The van der Waals surface area contributed by atoms with Gasteiger partial charge in [0.1, 0.15) is 0 Å². The molecule has 134 valence electrons. The van der Waals surface area contributed by atoms with E-state index in [1.807, 2.05) is 36.4 Å². The molecule has 0 atom stereocenters. The first-order valence-electron chi connectivity index (χ1n) is 8.75. The zero-order chi connectivity index (χ0) is 19.3. The van der Waals surface area contributed by atoms with E-state index < -0.39 is 5.97 Å². The molecule has 2 aromatic carbocycles. The monoisotopic (exact) mass is 355 g/mol. The average Bonchev–Trinajstić information content (AvgIpc) is 2.63. The highest BCUT2D eigenvalue weighted by Crippen LogP contribution is 2.50. The fourth-order valence-electron chi connectivity index (χ4n) is 4.04. The summed E-state index contributed by atoms with van der Waals surface area (Å²) in [7, 11) is 0. The van der Waals surface area contributed by atoms with Gasteiger partial charge in [0.15, 0.2) is 0 Å². The van der Waals surface area contributed by atoms with E-state index in [9.17, 15) is 9.90 Å². The molecule has 0 heterocycles. The molecule has 2 aromatic rings. The van der Waals surface area contributed by atoms with Crippen molar-refractivity contribution in [2.24, 2.45) is 0 Å². The van der Waals surface area contributed by atoms with Gasteiger partial charge in [-0.25, -0.2) is 0 Å². The average molecular weight is 355 g/mol. The summed E-state index contributed by atoms with van der Waals surface area (Å²) in [5.74, 6) is -1.21. The highest BCUT2D eigenvalue weighted by atomic mass is 16.4. The van der Waals surface area contributed by atoms with Crippen molar-refractivity contribution in [3.05, 3.63) is 94.1 Å². The van der Waals surface area contributed by atoms with Crippen molar-refractivity contribution in [1.29, 1.82) is 5.41 Å². The summed E-state index contributed by atoms with van der Waals surface area (Å²) >= 11 is 0. The SMILES string of the molecule is CC1(C)C2=CC(=N)C=CC2=C(c2ccccc2C(=O)[O-])c2ccc(N)cc21. The van der Waals surface area contributed by atoms with E-state index >= 15 is 0 Å². The zero-order valence-electron chi connectivity index (χ0n) is 15.2. The van der Waals surface area contributed by atoms with Gasteiger partial charge < -0.3 is 21.0 Å². The van der Waals surface area contributed by atoms with Crippen LogP contribution in [0.15, 0.2) is 71.8 Å². The number of hydrogen-bond acceptors (Lipinski definition) is 4. The molecule has 0 saturated carbocycles. The minimum Gasteiger partial charge on any atom is -0.545 e. The van der Waals surface area contributed by atoms with Gasteiger partial charge in [-0.2, -0.15) is 0 Å². The Morgan fingerprint density at radius 1 is 1.07 bits per heavy atom. The quantitative estimate of drug-likeness (QED) is 0.810. The van der Waals surface area contributed by atoms with Crippen LogP contribution in [0, 0.1) is 5.41 Å². The predicted octanol–water partition coefficient (Wildman–Crippen LogP) is 3.24. The molecule has 3 N–H and O–H groups in total. The van der Waals surface area contributed by atoms with E-state index in [2.05, 4.69) is 13.8 Å². The van der Waals surface area contributed by atoms with Crippen LogP contribution in [0.25, 0.3) is 5.57 Å². The molecule has 0 bridgehead atoms. The van der Waals surface area contributed by atoms with Crippen LogP contribution in [0.2, 0.25) is 0 Å². The molecule has 0 fully saturated rings. The number of allylic oxidation sites excluding steroid dienone is 5. The van der Waals surface area contributed by atoms with Crippen LogP contribution in [0.5, 0.6) is 0 Å². The Morgan fingerprint density at radius 3 is 2.56 bits per heavy atom. The molecule has 0 radical (unpaired) electrons. The number of nitrogens with two attached hydrogens (primary N) is 1. The number of anilines is 1. The normalized spacial score (nSPS) is 17.3. The minimum atomic E-state index is -1.21. The second-order valence-corrected chi connectivity index (χ2v) is 7.40. The van der Waals surface area contributed by atoms with E-state index in [0.29, 0.717) is 17.0 Å². The number of carbonyl (C=O) groups excluding carboxylic acids is 1. The zero-order valence-corrected chi connectivity index (χ0v) is 15.2. The molecule has 0 aliphatic heterocycles. The maximum atomic E-state index is 11.7. The van der Waals surface area contributed by atoms with Crippen molar-refractivity contribution < 1.29 is 9.90 Å². The maximum absolute atomic E-state index is 11.7. The second-order valence-electron chi connectivity index (χ2n) is 7.40. The third kappa shape index (κ3) is 2.53. The first-order chi connectivity index (χ1) is 12.8. The number of carboxylic acids is 1. The van der Waals surface area contributed by atoms with Crippen molar-refractivity contribution in [3.8, 4) is 0 Å². The molecule has 0 unspecified atom stereocenters. The Bertz CT molecular complexity index is 1100. The van der Waals surface area contributed by atoms with Gasteiger partial charge in [-0.15, -0.1) is 0 Å². The number of aromatic carboxylic acids is 1. The van der Waals surface area contributed by atoms with E-state index in [1.54, 1.807) is 24.3 Å². The van der Waals surface area contributed by atoms with Crippen LogP contribution >= 0.6 is 0 Å². The lowest BCUT2D eigenvalue weighted by atomic mass is 9.64. The fourth-order valence-corrected chi connectivity index (χ4v) is 4.04. The van der Waals surface area contributed by atoms with E-state index in [4.69, 9.17) is 11.1 Å². The summed E-state index contributed by atoms with van der Waals surface area (Å²) in [5.41, 5.74) is 12.2. The smallest absolute Gasteiger partial charge is 0.0721 e. The lowest BCUT2D eigenvalue weighted by molar-refractivity contribution is -0.255. The van der Waals surface area contributed by atoms with Crippen molar-refractivity contribution in [3.63, 3.8) is 0 Å². The van der Waals surface area contributed by atoms with Gasteiger partial charge in [0.2, 0.25) is 0 Å². The number of benzene rings is 2. The summed E-state index contributed by atoms with van der Waals surface area (Å²) < 4.78 is 0. The summed E-state index contributed by atoms with van der Waals surface area (Å²) in [6.07, 6.45) is 5.49. The van der Waals surface area contributed by atoms with Crippen molar-refractivity contribution in [2.75, 3.05) is 5.73 Å². The Hall–Kier alpha value is -3.40. The molecular formula is C23H19N2O2-. The molecule has 4 heteroatoms. The molecule has 4 rings (SSSR count). The van der Waals surface area contributed by atoms with Crippen LogP contribution in [0.1, 0.15) is 40.9 Å². The van der Waals surface area contributed by atoms with Crippen LogP contribution in [0.4, 0.5) is 5.69 Å². The van der Waals surface area contributed by atoms with Crippen LogP contribution in [-0.4, -0.2) is 11.7 Å². The van der Waals surface area contributed by atoms with Gasteiger partial charge in [0.05, 0.1) is 11.7 Å². The molecule has 0 spiro atoms. The predicted molar refractivity (Wildman–Crippen MR) is 106 cm³/mol. The highest BCUT2D eigenvalue weighted by molar-refractivity contribution is 6.08. The molecule has 4 nitrogen and oxygen atoms in total. The number of rotatable bonds is 2. The number of carboxylic acid groups (broad SMARTS) is 1. The molecule has 0 aromatic heterocycles. The summed E-state index contributed by atoms with van der Waals surface area (Å²) in [5, 5.41) is 19.8. The third-order valence-corrected chi connectivity index (χ3v) is 5.36. The van der Waals surface area contributed by atoms with Crippen molar-refractivity contribution in [1.82, 2.24) is 0 Å². The first kappa shape index (κ1) is 17.0. The molecule has 0 amide bonds. The Morgan fingerprint density at radius 2 is 1.81 bits per heavy atom. The van der Waals surface area contributed by atoms with Crippen LogP contribution in [0.3, 0.4) is 0 Å². The van der Waals surface area contributed by atoms with Gasteiger partial charge in [0, 0.05) is 16.7 Å². The third-order valence-electron chi connectivity index (χ3n) is 5.36. The Balaban J connectivity index is 2.15. The van der Waals surface area contributed by atoms with Gasteiger partial charge in [-0.1, -0.05) is 50.3 Å². The largest absolute Gasteiger partial charge is 0.545 e. The number of carbonyl (C=O) groups is 1. The first-order valence-corrected chi connectivity index (χ1v) is 8.75. The van der Waals surface area contributed by atoms with Crippen molar-refractivity contribution in [2.45, 2.75) is 19.3 Å². The standard InChI is InChI=1S/C23H20N2O2/c1-23(2)19-11-13(24)7-9-17(19)21(18-10-8-14(25)12-20(18)23)15-5-3-4-6-16(15)22(26)27/h3-12,24H,25H2,1-2H3,(H,26,27)/p-1. The van der Waals surface area contributed by atoms with Gasteiger partial charge in [-0.3, -0.25) is 0 Å². The summed E-state index contributed by atoms with van der Waals surface area (Å²) in [6.45, 7) is 4.20. The van der Waals surface area contributed by atoms with E-state index in [1.165, 1.54) is 0 Å². The van der Waals surface area contributed by atoms with E-state index in [0.717, 1.165) is 27.8 Å². The Kier molecular flexibility index (Phi) is 3.67. The topological polar surface area (TPSA) is 90.0 Å². The van der Waals surface area contributed by atoms with Crippen LogP contribution < -0.4 is 10.8 Å². The van der Waals surface area contributed by atoms with Gasteiger partial charge in [-0.05, 0) is 57.7 Å². The molecule has 27 heavy (non-hydrogen) atoms. The van der Waals surface area contributed by atoms with Gasteiger partial charge in [0.25, 0.3) is 0 Å². The summed E-state index contributed by atoms with van der Waals surface area (Å²) in [6, 6.07) is 12.6. The van der Waals surface area contributed by atoms with Gasteiger partial charge >= 0.3 is 0 Å². The Labute approximate surface area is 157 Å². The van der Waals surface area contributed by atoms with Crippen molar-refractivity contribution >= 4 is 22.9 Å². The number of hydrogen-bond donors (Lipinski definition) is 2. The molecular weight excluding hydrogens is 336 g/mol. The number of nitrogens with one attached hydrogen (secondary N) is 1. The lowest BCUT2D eigenvalue weighted by Gasteiger charge is -2.39. The second kappa shape index (κ2) is 5.81. The van der Waals surface area contributed by atoms with E-state index in [-0.39, 0.29) is 11.0 Å².